The predicted molar refractivity (Wildman–Crippen MR) is 66.4 cm³/mol. The minimum absolute atomic E-state index is 0.0102. The first-order valence-corrected chi connectivity index (χ1v) is 6.15. The van der Waals surface area contributed by atoms with Crippen LogP contribution in [0.5, 0.6) is 0 Å². The van der Waals surface area contributed by atoms with Gasteiger partial charge >= 0.3 is 0 Å². The summed E-state index contributed by atoms with van der Waals surface area (Å²) in [6.45, 7) is 2.55. The Hall–Kier alpha value is -1.13. The van der Waals surface area contributed by atoms with Gasteiger partial charge in [-0.2, -0.15) is 0 Å². The maximum absolute atomic E-state index is 11.2. The van der Waals surface area contributed by atoms with Crippen molar-refractivity contribution in [1.82, 2.24) is 9.88 Å². The lowest BCUT2D eigenvalue weighted by Gasteiger charge is -2.30. The van der Waals surface area contributed by atoms with E-state index in [1.165, 1.54) is 0 Å². The van der Waals surface area contributed by atoms with E-state index in [4.69, 9.17) is 17.3 Å². The highest BCUT2D eigenvalue weighted by atomic mass is 35.5. The Kier molecular flexibility index (Phi) is 3.97. The fraction of sp³-hybridized carbons (Fsp3) is 0.500. The zero-order valence-corrected chi connectivity index (χ0v) is 10.4. The van der Waals surface area contributed by atoms with Crippen molar-refractivity contribution in [2.45, 2.75) is 19.4 Å². The van der Waals surface area contributed by atoms with Gasteiger partial charge in [-0.25, -0.2) is 4.98 Å². The predicted octanol–water partition coefficient (Wildman–Crippen LogP) is 1.43. The van der Waals surface area contributed by atoms with Gasteiger partial charge in [0.25, 0.3) is 0 Å². The molecule has 1 amide bonds. The molecular formula is C12H16ClN3O. The Bertz CT molecular complexity index is 393. The first-order valence-electron chi connectivity index (χ1n) is 5.77. The van der Waals surface area contributed by atoms with E-state index in [1.54, 1.807) is 12.3 Å². The van der Waals surface area contributed by atoms with Crippen molar-refractivity contribution in [1.29, 1.82) is 0 Å². The van der Waals surface area contributed by atoms with Gasteiger partial charge < -0.3 is 5.73 Å². The van der Waals surface area contributed by atoms with Gasteiger partial charge in [0.2, 0.25) is 5.91 Å². The first kappa shape index (κ1) is 12.3. The number of rotatable bonds is 3. The van der Waals surface area contributed by atoms with Crippen LogP contribution in [0.3, 0.4) is 0 Å². The van der Waals surface area contributed by atoms with E-state index in [1.807, 2.05) is 6.07 Å². The SMILES string of the molecule is NC(=O)C1CCCN(Cc2ccc(Cl)nc2)C1. The number of nitrogens with two attached hydrogens (primary N) is 1. The van der Waals surface area contributed by atoms with Crippen molar-refractivity contribution in [3.05, 3.63) is 29.0 Å². The quantitative estimate of drug-likeness (QED) is 0.829. The zero-order chi connectivity index (χ0) is 12.3. The number of nitrogens with zero attached hydrogens (tertiary/aromatic N) is 2. The lowest BCUT2D eigenvalue weighted by atomic mass is 9.97. The third-order valence-electron chi connectivity index (χ3n) is 3.10. The number of pyridine rings is 1. The molecule has 5 heteroatoms. The van der Waals surface area contributed by atoms with Gasteiger partial charge in [0, 0.05) is 19.3 Å². The minimum atomic E-state index is -0.191. The molecule has 0 aromatic carbocycles. The number of hydrogen-bond donors (Lipinski definition) is 1. The maximum atomic E-state index is 11.2. The van der Waals surface area contributed by atoms with Crippen LogP contribution in [0.1, 0.15) is 18.4 Å². The molecule has 2 N–H and O–H groups in total. The number of hydrogen-bond acceptors (Lipinski definition) is 3. The minimum Gasteiger partial charge on any atom is -0.369 e. The van der Waals surface area contributed by atoms with Crippen molar-refractivity contribution >= 4 is 17.5 Å². The molecule has 4 nitrogen and oxygen atoms in total. The molecule has 1 aliphatic rings. The number of piperidine rings is 1. The Labute approximate surface area is 106 Å². The summed E-state index contributed by atoms with van der Waals surface area (Å²) in [5.41, 5.74) is 6.46. The molecule has 92 valence electrons. The number of aromatic nitrogens is 1. The summed E-state index contributed by atoms with van der Waals surface area (Å²) in [5.74, 6) is -0.201. The second-order valence-corrected chi connectivity index (χ2v) is 4.85. The molecule has 1 aromatic rings. The molecule has 17 heavy (non-hydrogen) atoms. The van der Waals surface area contributed by atoms with Gasteiger partial charge in [-0.05, 0) is 31.0 Å². The highest BCUT2D eigenvalue weighted by Crippen LogP contribution is 2.18. The van der Waals surface area contributed by atoms with Crippen molar-refractivity contribution in [2.75, 3.05) is 13.1 Å². The van der Waals surface area contributed by atoms with E-state index in [0.717, 1.165) is 38.0 Å². The fourth-order valence-electron chi connectivity index (χ4n) is 2.19. The van der Waals surface area contributed by atoms with E-state index in [0.29, 0.717) is 5.15 Å². The fourth-order valence-corrected chi connectivity index (χ4v) is 2.30. The molecule has 0 saturated carbocycles. The number of primary amides is 1. The molecule has 0 spiro atoms. The zero-order valence-electron chi connectivity index (χ0n) is 9.60. The molecule has 2 heterocycles. The van der Waals surface area contributed by atoms with Gasteiger partial charge in [-0.1, -0.05) is 17.7 Å². The van der Waals surface area contributed by atoms with E-state index in [9.17, 15) is 4.79 Å². The van der Waals surface area contributed by atoms with Crippen LogP contribution in [0.4, 0.5) is 0 Å². The second-order valence-electron chi connectivity index (χ2n) is 4.47. The van der Waals surface area contributed by atoms with Gasteiger partial charge in [0.05, 0.1) is 5.92 Å². The summed E-state index contributed by atoms with van der Waals surface area (Å²) in [6.07, 6.45) is 3.70. The Morgan fingerprint density at radius 1 is 1.59 bits per heavy atom. The molecule has 1 fully saturated rings. The first-order chi connectivity index (χ1) is 8.15. The highest BCUT2D eigenvalue weighted by molar-refractivity contribution is 6.29. The van der Waals surface area contributed by atoms with Crippen LogP contribution in [0, 0.1) is 5.92 Å². The van der Waals surface area contributed by atoms with E-state index < -0.39 is 0 Å². The van der Waals surface area contributed by atoms with Crippen LogP contribution in [0.2, 0.25) is 5.15 Å². The molecule has 0 bridgehead atoms. The van der Waals surface area contributed by atoms with Gasteiger partial charge in [0.1, 0.15) is 5.15 Å². The number of carbonyl (C=O) groups is 1. The number of carbonyl (C=O) groups excluding carboxylic acids is 1. The van der Waals surface area contributed by atoms with Crippen LogP contribution >= 0.6 is 11.6 Å². The van der Waals surface area contributed by atoms with Crippen molar-refractivity contribution in [3.8, 4) is 0 Å². The van der Waals surface area contributed by atoms with Crippen LogP contribution in [0.25, 0.3) is 0 Å². The average Bonchev–Trinajstić information content (AvgIpc) is 2.32. The third kappa shape index (κ3) is 3.41. The van der Waals surface area contributed by atoms with Crippen LogP contribution in [-0.4, -0.2) is 28.9 Å². The molecule has 0 radical (unpaired) electrons. The molecule has 1 atom stereocenters. The number of amides is 1. The standard InChI is InChI=1S/C12H16ClN3O/c13-11-4-3-9(6-15-11)7-16-5-1-2-10(8-16)12(14)17/h3-4,6,10H,1-2,5,7-8H2,(H2,14,17). The average molecular weight is 254 g/mol. The summed E-state index contributed by atoms with van der Waals surface area (Å²) in [6, 6.07) is 3.75. The monoisotopic (exact) mass is 253 g/mol. The summed E-state index contributed by atoms with van der Waals surface area (Å²) in [4.78, 5) is 17.4. The molecule has 1 saturated heterocycles. The van der Waals surface area contributed by atoms with E-state index in [2.05, 4.69) is 9.88 Å². The molecule has 0 aliphatic carbocycles. The van der Waals surface area contributed by atoms with Crippen molar-refractivity contribution in [3.63, 3.8) is 0 Å². The number of likely N-dealkylation sites (tertiary alicyclic amines) is 1. The Balaban J connectivity index is 1.94. The maximum Gasteiger partial charge on any atom is 0.221 e. The van der Waals surface area contributed by atoms with Crippen LogP contribution in [-0.2, 0) is 11.3 Å². The van der Waals surface area contributed by atoms with Crippen LogP contribution in [0.15, 0.2) is 18.3 Å². The van der Waals surface area contributed by atoms with Crippen LogP contribution < -0.4 is 5.73 Å². The summed E-state index contributed by atoms with van der Waals surface area (Å²) >= 11 is 5.73. The highest BCUT2D eigenvalue weighted by Gasteiger charge is 2.23. The van der Waals surface area contributed by atoms with Crippen molar-refractivity contribution < 1.29 is 4.79 Å². The van der Waals surface area contributed by atoms with E-state index in [-0.39, 0.29) is 11.8 Å². The lowest BCUT2D eigenvalue weighted by molar-refractivity contribution is -0.123. The molecule has 1 aromatic heterocycles. The third-order valence-corrected chi connectivity index (χ3v) is 3.33. The Morgan fingerprint density at radius 2 is 2.41 bits per heavy atom. The summed E-state index contributed by atoms with van der Waals surface area (Å²) in [5, 5.41) is 0.502. The summed E-state index contributed by atoms with van der Waals surface area (Å²) < 4.78 is 0. The van der Waals surface area contributed by atoms with Gasteiger partial charge in [0.15, 0.2) is 0 Å². The summed E-state index contributed by atoms with van der Waals surface area (Å²) in [7, 11) is 0. The second kappa shape index (κ2) is 5.47. The van der Waals surface area contributed by atoms with Gasteiger partial charge in [-0.3, -0.25) is 9.69 Å². The molecule has 2 rings (SSSR count). The number of halogens is 1. The largest absolute Gasteiger partial charge is 0.369 e. The lowest BCUT2D eigenvalue weighted by Crippen LogP contribution is -2.40. The molecule has 1 aliphatic heterocycles. The van der Waals surface area contributed by atoms with E-state index >= 15 is 0 Å². The van der Waals surface area contributed by atoms with Crippen molar-refractivity contribution in [2.24, 2.45) is 11.7 Å². The smallest absolute Gasteiger partial charge is 0.221 e. The van der Waals surface area contributed by atoms with Gasteiger partial charge in [-0.15, -0.1) is 0 Å². The normalized spacial score (nSPS) is 21.4. The Morgan fingerprint density at radius 3 is 3.06 bits per heavy atom. The molecule has 1 unspecified atom stereocenters. The molecular weight excluding hydrogens is 238 g/mol. The topological polar surface area (TPSA) is 59.2 Å².